The first-order chi connectivity index (χ1) is 8.18. The Hall–Kier alpha value is -0.260. The van der Waals surface area contributed by atoms with E-state index in [1.807, 2.05) is 0 Å². The molecule has 2 rings (SSSR count). The minimum absolute atomic E-state index is 0.528. The van der Waals surface area contributed by atoms with Crippen molar-refractivity contribution in [2.24, 2.45) is 0 Å². The zero-order chi connectivity index (χ0) is 12.3. The number of H-pyrrole nitrogens is 1. The van der Waals surface area contributed by atoms with Crippen molar-refractivity contribution in [2.75, 3.05) is 31.1 Å². The summed E-state index contributed by atoms with van der Waals surface area (Å²) in [5.41, 5.74) is 1.32. The Morgan fingerprint density at radius 2 is 2.06 bits per heavy atom. The van der Waals surface area contributed by atoms with Crippen LogP contribution in [-0.4, -0.2) is 45.6 Å². The maximum Gasteiger partial charge on any atom is 0.177 e. The summed E-state index contributed by atoms with van der Waals surface area (Å²) in [7, 11) is 0. The van der Waals surface area contributed by atoms with Gasteiger partial charge in [0.2, 0.25) is 0 Å². The van der Waals surface area contributed by atoms with Gasteiger partial charge < -0.3 is 9.55 Å². The third-order valence-electron chi connectivity index (χ3n) is 3.24. The van der Waals surface area contributed by atoms with Gasteiger partial charge >= 0.3 is 0 Å². The monoisotopic (exact) mass is 271 g/mol. The van der Waals surface area contributed by atoms with Gasteiger partial charge in [-0.05, 0) is 18.1 Å². The van der Waals surface area contributed by atoms with Crippen molar-refractivity contribution in [3.8, 4) is 0 Å². The predicted molar refractivity (Wildman–Crippen MR) is 77.5 cm³/mol. The van der Waals surface area contributed by atoms with Crippen LogP contribution < -0.4 is 0 Å². The second-order valence-corrected chi connectivity index (χ2v) is 6.39. The Kier molecular flexibility index (Phi) is 4.70. The lowest BCUT2D eigenvalue weighted by molar-refractivity contribution is 0.287. The van der Waals surface area contributed by atoms with Gasteiger partial charge in [-0.25, -0.2) is 0 Å². The topological polar surface area (TPSA) is 24.0 Å². The average molecular weight is 271 g/mol. The molecule has 0 aromatic carbocycles. The smallest absolute Gasteiger partial charge is 0.177 e. The average Bonchev–Trinajstić information content (AvgIpc) is 2.69. The SMILES string of the molecule is CC(C)c1c[nH]c(=S)n1CCN1CCSCC1. The number of thioether (sulfide) groups is 1. The number of hydrogen-bond acceptors (Lipinski definition) is 3. The molecule has 96 valence electrons. The van der Waals surface area contributed by atoms with E-state index < -0.39 is 0 Å². The van der Waals surface area contributed by atoms with Crippen molar-refractivity contribution in [1.29, 1.82) is 0 Å². The first-order valence-electron chi connectivity index (χ1n) is 6.26. The van der Waals surface area contributed by atoms with E-state index >= 15 is 0 Å². The van der Waals surface area contributed by atoms with Crippen LogP contribution in [0.5, 0.6) is 0 Å². The number of rotatable bonds is 4. The molecule has 0 unspecified atom stereocenters. The molecule has 1 N–H and O–H groups in total. The number of imidazole rings is 1. The van der Waals surface area contributed by atoms with Crippen molar-refractivity contribution >= 4 is 24.0 Å². The van der Waals surface area contributed by atoms with Crippen molar-refractivity contribution in [2.45, 2.75) is 26.3 Å². The fourth-order valence-corrected chi connectivity index (χ4v) is 3.42. The van der Waals surface area contributed by atoms with E-state index in [-0.39, 0.29) is 0 Å². The summed E-state index contributed by atoms with van der Waals surface area (Å²) < 4.78 is 3.11. The molecule has 17 heavy (non-hydrogen) atoms. The highest BCUT2D eigenvalue weighted by Gasteiger charge is 2.12. The summed E-state index contributed by atoms with van der Waals surface area (Å²) >= 11 is 7.40. The fourth-order valence-electron chi connectivity index (χ4n) is 2.18. The zero-order valence-corrected chi connectivity index (χ0v) is 12.2. The van der Waals surface area contributed by atoms with E-state index in [0.717, 1.165) is 17.9 Å². The first-order valence-corrected chi connectivity index (χ1v) is 7.83. The largest absolute Gasteiger partial charge is 0.337 e. The minimum Gasteiger partial charge on any atom is -0.337 e. The molecule has 2 heterocycles. The minimum atomic E-state index is 0.528. The standard InChI is InChI=1S/C12H21N3S2/c1-10(2)11-9-13-12(16)15(11)4-3-14-5-7-17-8-6-14/h9-10H,3-8H2,1-2H3,(H,13,16). The van der Waals surface area contributed by atoms with Gasteiger partial charge in [0.05, 0.1) is 0 Å². The summed E-state index contributed by atoms with van der Waals surface area (Å²) in [4.78, 5) is 5.70. The quantitative estimate of drug-likeness (QED) is 0.852. The van der Waals surface area contributed by atoms with Crippen LogP contribution in [0.4, 0.5) is 0 Å². The summed E-state index contributed by atoms with van der Waals surface area (Å²) in [5, 5.41) is 0. The molecule has 0 aliphatic carbocycles. The van der Waals surface area contributed by atoms with Gasteiger partial charge in [0.25, 0.3) is 0 Å². The molecule has 5 heteroatoms. The Bertz CT molecular complexity index is 402. The number of hydrogen-bond donors (Lipinski definition) is 1. The molecule has 1 saturated heterocycles. The normalized spacial score (nSPS) is 17.8. The van der Waals surface area contributed by atoms with Crippen LogP contribution in [-0.2, 0) is 6.54 Å². The van der Waals surface area contributed by atoms with E-state index in [2.05, 4.69) is 46.3 Å². The molecule has 0 saturated carbocycles. The summed E-state index contributed by atoms with van der Waals surface area (Å²) in [6.07, 6.45) is 2.05. The first kappa shape index (κ1) is 13.2. The molecule has 0 bridgehead atoms. The second-order valence-electron chi connectivity index (χ2n) is 4.78. The fraction of sp³-hybridized carbons (Fsp3) is 0.750. The van der Waals surface area contributed by atoms with E-state index in [0.29, 0.717) is 5.92 Å². The molecule has 1 aromatic rings. The molecular weight excluding hydrogens is 250 g/mol. The Morgan fingerprint density at radius 1 is 1.35 bits per heavy atom. The van der Waals surface area contributed by atoms with Crippen LogP contribution in [0.1, 0.15) is 25.5 Å². The molecule has 0 radical (unpaired) electrons. The van der Waals surface area contributed by atoms with E-state index in [4.69, 9.17) is 12.2 Å². The molecule has 3 nitrogen and oxygen atoms in total. The van der Waals surface area contributed by atoms with Crippen molar-refractivity contribution in [3.05, 3.63) is 16.7 Å². The summed E-state index contributed by atoms with van der Waals surface area (Å²) in [5.74, 6) is 3.07. The zero-order valence-electron chi connectivity index (χ0n) is 10.6. The maximum atomic E-state index is 5.34. The van der Waals surface area contributed by atoms with Gasteiger partial charge in [0.1, 0.15) is 0 Å². The Balaban J connectivity index is 1.98. The molecule has 1 aliphatic rings. The summed E-state index contributed by atoms with van der Waals surface area (Å²) in [6, 6.07) is 0. The van der Waals surface area contributed by atoms with Crippen molar-refractivity contribution in [1.82, 2.24) is 14.5 Å². The molecule has 1 aliphatic heterocycles. The van der Waals surface area contributed by atoms with Crippen LogP contribution in [0, 0.1) is 4.77 Å². The highest BCUT2D eigenvalue weighted by molar-refractivity contribution is 7.99. The lowest BCUT2D eigenvalue weighted by Gasteiger charge is -2.26. The Labute approximate surface area is 113 Å². The third-order valence-corrected chi connectivity index (χ3v) is 4.52. The van der Waals surface area contributed by atoms with Gasteiger partial charge in [0.15, 0.2) is 4.77 Å². The predicted octanol–water partition coefficient (Wildman–Crippen LogP) is 2.72. The van der Waals surface area contributed by atoms with Crippen LogP contribution in [0.3, 0.4) is 0 Å². The summed E-state index contributed by atoms with van der Waals surface area (Å²) in [6.45, 7) is 9.00. The Morgan fingerprint density at radius 3 is 2.71 bits per heavy atom. The molecular formula is C12H21N3S2. The van der Waals surface area contributed by atoms with E-state index in [9.17, 15) is 0 Å². The molecule has 0 spiro atoms. The van der Waals surface area contributed by atoms with Crippen LogP contribution >= 0.6 is 24.0 Å². The lowest BCUT2D eigenvalue weighted by atomic mass is 10.1. The van der Waals surface area contributed by atoms with Crippen LogP contribution in [0.15, 0.2) is 6.20 Å². The molecule has 1 aromatic heterocycles. The maximum absolute atomic E-state index is 5.34. The molecule has 0 atom stereocenters. The van der Waals surface area contributed by atoms with Crippen molar-refractivity contribution in [3.63, 3.8) is 0 Å². The number of nitrogens with one attached hydrogen (secondary N) is 1. The van der Waals surface area contributed by atoms with Crippen LogP contribution in [0.2, 0.25) is 0 Å². The third kappa shape index (κ3) is 3.36. The van der Waals surface area contributed by atoms with Gasteiger partial charge in [-0.3, -0.25) is 4.90 Å². The number of aromatic nitrogens is 2. The molecule has 0 amide bonds. The van der Waals surface area contributed by atoms with E-state index in [1.54, 1.807) is 0 Å². The number of aromatic amines is 1. The van der Waals surface area contributed by atoms with E-state index in [1.165, 1.54) is 30.3 Å². The molecule has 1 fully saturated rings. The van der Waals surface area contributed by atoms with Gasteiger partial charge in [-0.2, -0.15) is 11.8 Å². The van der Waals surface area contributed by atoms with Gasteiger partial charge in [0, 0.05) is 49.6 Å². The van der Waals surface area contributed by atoms with Crippen molar-refractivity contribution < 1.29 is 0 Å². The van der Waals surface area contributed by atoms with Crippen LogP contribution in [0.25, 0.3) is 0 Å². The lowest BCUT2D eigenvalue weighted by Crippen LogP contribution is -2.35. The number of nitrogens with zero attached hydrogens (tertiary/aromatic N) is 2. The van der Waals surface area contributed by atoms with Gasteiger partial charge in [-0.15, -0.1) is 0 Å². The van der Waals surface area contributed by atoms with Gasteiger partial charge in [-0.1, -0.05) is 13.8 Å². The highest BCUT2D eigenvalue weighted by Crippen LogP contribution is 2.15. The highest BCUT2D eigenvalue weighted by atomic mass is 32.2. The second kappa shape index (κ2) is 6.07.